The number of aryl methyl sites for hydroxylation is 1. The molecule has 4 aliphatic rings. The van der Waals surface area contributed by atoms with Crippen LogP contribution in [0.25, 0.3) is 21.9 Å². The molecule has 2 heterocycles. The first-order valence-electron chi connectivity index (χ1n) is 22.8. The van der Waals surface area contributed by atoms with Crippen molar-refractivity contribution in [1.29, 1.82) is 0 Å². The zero-order valence-corrected chi connectivity index (χ0v) is 35.9. The maximum Gasteiger partial charge on any atom is 0.133 e. The van der Waals surface area contributed by atoms with Crippen LogP contribution in [0.4, 0.5) is 0 Å². The molecule has 0 aromatic heterocycles. The summed E-state index contributed by atoms with van der Waals surface area (Å²) in [6, 6.07) is 21.9. The summed E-state index contributed by atoms with van der Waals surface area (Å²) in [6.45, 7) is 2.63. The van der Waals surface area contributed by atoms with E-state index in [2.05, 4.69) is 0 Å². The normalized spacial score (nSPS) is 22.7. The highest BCUT2D eigenvalue weighted by atomic mass is 16.5. The van der Waals surface area contributed by atoms with Crippen LogP contribution in [-0.2, 0) is 17.6 Å². The predicted octanol–water partition coefficient (Wildman–Crippen LogP) is 10.4. The molecule has 0 amide bonds. The van der Waals surface area contributed by atoms with Gasteiger partial charge in [-0.15, -0.1) is 0 Å². The Balaban J connectivity index is 1.11. The van der Waals surface area contributed by atoms with Crippen LogP contribution in [0.1, 0.15) is 118 Å². The molecule has 0 bridgehead atoms. The van der Waals surface area contributed by atoms with Gasteiger partial charge in [0, 0.05) is 59.4 Å². The van der Waals surface area contributed by atoms with Gasteiger partial charge in [0.1, 0.15) is 46.4 Å². The second kappa shape index (κ2) is 18.3. The molecule has 5 unspecified atom stereocenters. The fourth-order valence-corrected chi connectivity index (χ4v) is 10.6. The van der Waals surface area contributed by atoms with E-state index in [-0.39, 0.29) is 36.1 Å². The van der Waals surface area contributed by atoms with E-state index < -0.39 is 30.1 Å². The van der Waals surface area contributed by atoms with Crippen molar-refractivity contribution >= 4 is 10.8 Å². The first-order valence-corrected chi connectivity index (χ1v) is 22.8. The third kappa shape index (κ3) is 8.49. The van der Waals surface area contributed by atoms with E-state index in [0.29, 0.717) is 66.4 Å². The van der Waals surface area contributed by atoms with Crippen molar-refractivity contribution in [2.75, 3.05) is 20.3 Å². The second-order valence-electron chi connectivity index (χ2n) is 17.9. The van der Waals surface area contributed by atoms with Gasteiger partial charge in [-0.05, 0) is 154 Å². The van der Waals surface area contributed by atoms with Crippen molar-refractivity contribution in [3.8, 4) is 51.4 Å². The van der Waals surface area contributed by atoms with Gasteiger partial charge in [-0.3, -0.25) is 0 Å². The van der Waals surface area contributed by atoms with Crippen LogP contribution in [0.2, 0.25) is 0 Å². The minimum atomic E-state index is -1.05. The number of hydrogen-bond acceptors (Lipinski definition) is 10. The lowest BCUT2D eigenvalue weighted by Gasteiger charge is -2.45. The number of fused-ring (bicyclic) bond motifs is 4. The molecular formula is C52H60O10. The Morgan fingerprint density at radius 3 is 2.19 bits per heavy atom. The molecule has 328 valence electrons. The topological polar surface area (TPSA) is 147 Å². The van der Waals surface area contributed by atoms with Crippen molar-refractivity contribution in [1.82, 2.24) is 0 Å². The molecule has 5 aromatic rings. The zero-order valence-electron chi connectivity index (χ0n) is 35.9. The summed E-state index contributed by atoms with van der Waals surface area (Å²) in [7, 11) is 1.67. The van der Waals surface area contributed by atoms with Crippen LogP contribution >= 0.6 is 0 Å². The minimum Gasteiger partial charge on any atom is -0.508 e. The monoisotopic (exact) mass is 844 g/mol. The highest BCUT2D eigenvalue weighted by Crippen LogP contribution is 2.54. The van der Waals surface area contributed by atoms with Gasteiger partial charge in [0.05, 0.1) is 31.0 Å². The Hall–Kier alpha value is -5.16. The second-order valence-corrected chi connectivity index (χ2v) is 17.9. The van der Waals surface area contributed by atoms with Crippen molar-refractivity contribution in [3.05, 3.63) is 101 Å². The van der Waals surface area contributed by atoms with Crippen molar-refractivity contribution in [2.24, 2.45) is 11.8 Å². The van der Waals surface area contributed by atoms with E-state index in [1.807, 2.05) is 49.4 Å². The number of phenols is 3. The number of ether oxygens (including phenoxy) is 5. The molecule has 9 rings (SSSR count). The van der Waals surface area contributed by atoms with Crippen LogP contribution in [-0.4, -0.2) is 64.2 Å². The molecule has 0 spiro atoms. The fraction of sp³-hybridized carbons (Fsp3) is 0.462. The summed E-state index contributed by atoms with van der Waals surface area (Å²) >= 11 is 0. The third-order valence-electron chi connectivity index (χ3n) is 13.8. The average Bonchev–Trinajstić information content (AvgIpc) is 3.78. The van der Waals surface area contributed by atoms with Crippen LogP contribution in [0.3, 0.4) is 0 Å². The third-order valence-corrected chi connectivity index (χ3v) is 13.8. The fourth-order valence-electron chi connectivity index (χ4n) is 10.6. The molecular weight excluding hydrogens is 785 g/mol. The van der Waals surface area contributed by atoms with Crippen molar-refractivity contribution in [3.63, 3.8) is 0 Å². The Morgan fingerprint density at radius 2 is 1.44 bits per heavy atom. The molecule has 62 heavy (non-hydrogen) atoms. The lowest BCUT2D eigenvalue weighted by Crippen LogP contribution is -2.46. The Bertz CT molecular complexity index is 2380. The number of benzene rings is 5. The van der Waals surface area contributed by atoms with Crippen molar-refractivity contribution < 1.29 is 49.2 Å². The van der Waals surface area contributed by atoms with Crippen LogP contribution in [0.5, 0.6) is 40.2 Å². The number of methoxy groups -OCH3 is 1. The van der Waals surface area contributed by atoms with E-state index in [1.54, 1.807) is 37.4 Å². The standard InChI is InChI=1S/C52H60O10/c1-3-30-24-40(31-11-9-12-34(53)22-31)32(25-45(30)55)21-33-23-38(60-36-15-7-8-16-36)27-42-49(56)44(29-59-51(33)42)48-46(17-10-20-58-2)62-52-39-19-18-35(54)26-41(39)47(28-43(52)50(48)57)61-37-13-5-4-6-14-37/h9,11-12,18-19,22-28,36-37,44,46,48-50,53-57H,3-8,10,13-17,20-21,29H2,1-2H3. The van der Waals surface area contributed by atoms with E-state index in [9.17, 15) is 25.5 Å². The largest absolute Gasteiger partial charge is 0.508 e. The van der Waals surface area contributed by atoms with Gasteiger partial charge < -0.3 is 49.2 Å². The Labute approximate surface area is 364 Å². The molecule has 5 atom stereocenters. The zero-order chi connectivity index (χ0) is 42.9. The molecule has 2 aliphatic carbocycles. The van der Waals surface area contributed by atoms with E-state index in [0.717, 1.165) is 90.0 Å². The highest BCUT2D eigenvalue weighted by Gasteiger charge is 2.48. The Morgan fingerprint density at radius 1 is 0.694 bits per heavy atom. The molecule has 2 aliphatic heterocycles. The first kappa shape index (κ1) is 42.2. The number of aliphatic hydroxyl groups is 2. The van der Waals surface area contributed by atoms with Gasteiger partial charge in [-0.2, -0.15) is 0 Å². The number of aromatic hydroxyl groups is 3. The quantitative estimate of drug-likeness (QED) is 0.0726. The highest BCUT2D eigenvalue weighted by molar-refractivity contribution is 5.96. The average molecular weight is 845 g/mol. The summed E-state index contributed by atoms with van der Waals surface area (Å²) in [5.74, 6) is 1.70. The Kier molecular flexibility index (Phi) is 12.4. The SMILES string of the molecule is CCc1cc(-c2cccc(O)c2)c(Cc2cc(OC3CCCC3)cc3c2OCC(C2C(CCCOC)Oc4c(cc(OC5CCCCC5)c5cc(O)ccc45)C2O)C3O)cc1O. The smallest absolute Gasteiger partial charge is 0.133 e. The molecule has 2 saturated carbocycles. The maximum atomic E-state index is 12.7. The molecule has 5 N–H and O–H groups in total. The minimum absolute atomic E-state index is 0.0379. The van der Waals surface area contributed by atoms with Crippen molar-refractivity contribution in [2.45, 2.75) is 121 Å². The summed E-state index contributed by atoms with van der Waals surface area (Å²) in [6.07, 6.45) is 9.14. The molecule has 10 heteroatoms. The van der Waals surface area contributed by atoms with E-state index >= 15 is 0 Å². The molecule has 2 fully saturated rings. The van der Waals surface area contributed by atoms with E-state index in [1.165, 1.54) is 6.42 Å². The number of phenolic OH excluding ortho intramolecular Hbond substituents is 3. The van der Waals surface area contributed by atoms with Crippen LogP contribution in [0.15, 0.2) is 72.8 Å². The lowest BCUT2D eigenvalue weighted by molar-refractivity contribution is -0.0884. The molecule has 0 radical (unpaired) electrons. The molecule has 10 nitrogen and oxygen atoms in total. The van der Waals surface area contributed by atoms with Gasteiger partial charge in [0.15, 0.2) is 0 Å². The van der Waals surface area contributed by atoms with Gasteiger partial charge in [-0.1, -0.05) is 25.5 Å². The van der Waals surface area contributed by atoms with Gasteiger partial charge >= 0.3 is 0 Å². The van der Waals surface area contributed by atoms with Gasteiger partial charge in [-0.25, -0.2) is 0 Å². The number of aliphatic hydroxyl groups excluding tert-OH is 2. The molecule has 5 aromatic carbocycles. The van der Waals surface area contributed by atoms with Gasteiger partial charge in [0.25, 0.3) is 0 Å². The predicted molar refractivity (Wildman–Crippen MR) is 238 cm³/mol. The summed E-state index contributed by atoms with van der Waals surface area (Å²) in [5, 5.41) is 59.1. The lowest BCUT2D eigenvalue weighted by atomic mass is 9.72. The van der Waals surface area contributed by atoms with E-state index in [4.69, 9.17) is 23.7 Å². The van der Waals surface area contributed by atoms with Crippen LogP contribution < -0.4 is 18.9 Å². The summed E-state index contributed by atoms with van der Waals surface area (Å²) in [5.41, 5.74) is 5.33. The number of hydrogen-bond donors (Lipinski definition) is 5. The first-order chi connectivity index (χ1) is 30.2. The number of rotatable bonds is 13. The van der Waals surface area contributed by atoms with Gasteiger partial charge in [0.2, 0.25) is 0 Å². The summed E-state index contributed by atoms with van der Waals surface area (Å²) in [4.78, 5) is 0. The molecule has 0 saturated heterocycles. The van der Waals surface area contributed by atoms with Crippen LogP contribution in [0, 0.1) is 11.8 Å². The maximum absolute atomic E-state index is 12.7. The summed E-state index contributed by atoms with van der Waals surface area (Å²) < 4.78 is 32.5.